The van der Waals surface area contributed by atoms with Gasteiger partial charge in [0.2, 0.25) is 0 Å². The Morgan fingerprint density at radius 1 is 1.23 bits per heavy atom. The fourth-order valence-electron chi connectivity index (χ4n) is 2.68. The Hall–Kier alpha value is -1.89. The molecule has 0 aliphatic heterocycles. The monoisotopic (exact) mass is 295 g/mol. The molecule has 0 atom stereocenters. The van der Waals surface area contributed by atoms with Crippen LogP contribution in [-0.4, -0.2) is 5.71 Å². The van der Waals surface area contributed by atoms with Crippen LogP contribution in [0, 0.1) is 5.41 Å². The zero-order chi connectivity index (χ0) is 16.7. The Morgan fingerprint density at radius 3 is 2.50 bits per heavy atom. The van der Waals surface area contributed by atoms with Crippen LogP contribution >= 0.6 is 0 Å². The van der Waals surface area contributed by atoms with Gasteiger partial charge in [-0.1, -0.05) is 50.3 Å². The van der Waals surface area contributed by atoms with Crippen molar-refractivity contribution < 1.29 is 0 Å². The largest absolute Gasteiger partial charge is 0.305 e. The van der Waals surface area contributed by atoms with Crippen molar-refractivity contribution in [1.82, 2.24) is 0 Å². The maximum Gasteiger partial charge on any atom is 0.0309 e. The first-order valence-electron chi connectivity index (χ1n) is 8.20. The van der Waals surface area contributed by atoms with Gasteiger partial charge in [-0.2, -0.15) is 0 Å². The summed E-state index contributed by atoms with van der Waals surface area (Å²) in [5.74, 6) is 0. The van der Waals surface area contributed by atoms with Crippen molar-refractivity contribution in [2.75, 3.05) is 0 Å². The number of nitrogens with one attached hydrogen (secondary N) is 1. The van der Waals surface area contributed by atoms with Gasteiger partial charge in [-0.15, -0.1) is 0 Å². The Morgan fingerprint density at radius 2 is 1.91 bits per heavy atom. The summed E-state index contributed by atoms with van der Waals surface area (Å²) in [6.45, 7) is 12.1. The number of rotatable bonds is 4. The maximum absolute atomic E-state index is 7.65. The van der Waals surface area contributed by atoms with Gasteiger partial charge >= 0.3 is 0 Å². The fourth-order valence-corrected chi connectivity index (χ4v) is 2.68. The SMILES string of the molecule is C/C=C\C1=C(C)c2cccc(C/C=C(/C)C(C)=N)c2C1.CC. The standard InChI is InChI=1S/C19H23N.C2H6/c1-5-7-17-12-19-16(11-10-13(2)15(4)20)8-6-9-18(19)14(17)3;1-2/h5-10,20H,11-12H2,1-4H3;1-2H3/b7-5-,13-10-,20-15?;. The van der Waals surface area contributed by atoms with Crippen molar-refractivity contribution in [3.63, 3.8) is 0 Å². The van der Waals surface area contributed by atoms with Gasteiger partial charge in [0.05, 0.1) is 0 Å². The molecular formula is C21H29N. The minimum atomic E-state index is 0.654. The van der Waals surface area contributed by atoms with Crippen LogP contribution in [-0.2, 0) is 12.8 Å². The number of benzene rings is 1. The highest BCUT2D eigenvalue weighted by Gasteiger charge is 2.18. The van der Waals surface area contributed by atoms with Crippen molar-refractivity contribution in [2.24, 2.45) is 0 Å². The third kappa shape index (κ3) is 4.07. The molecule has 1 heteroatoms. The third-order valence-electron chi connectivity index (χ3n) is 4.11. The first kappa shape index (κ1) is 18.2. The number of fused-ring (bicyclic) bond motifs is 1. The summed E-state index contributed by atoms with van der Waals surface area (Å²) in [7, 11) is 0. The Bertz CT molecular complexity index is 627. The fraction of sp³-hybridized carbons (Fsp3) is 0.381. The Labute approximate surface area is 136 Å². The Balaban J connectivity index is 0.00000116. The van der Waals surface area contributed by atoms with Crippen LogP contribution in [0.5, 0.6) is 0 Å². The molecule has 118 valence electrons. The molecule has 22 heavy (non-hydrogen) atoms. The van der Waals surface area contributed by atoms with E-state index in [0.717, 1.165) is 18.4 Å². The van der Waals surface area contributed by atoms with E-state index in [9.17, 15) is 0 Å². The summed E-state index contributed by atoms with van der Waals surface area (Å²) in [4.78, 5) is 0. The molecule has 1 nitrogen and oxygen atoms in total. The molecule has 0 unspecified atom stereocenters. The molecule has 1 N–H and O–H groups in total. The average molecular weight is 295 g/mol. The van der Waals surface area contributed by atoms with Gasteiger partial charge in [-0.05, 0) is 73.9 Å². The zero-order valence-corrected chi connectivity index (χ0v) is 14.9. The molecule has 0 spiro atoms. The van der Waals surface area contributed by atoms with Crippen LogP contribution in [0.2, 0.25) is 0 Å². The van der Waals surface area contributed by atoms with Crippen molar-refractivity contribution in [2.45, 2.75) is 54.4 Å². The van der Waals surface area contributed by atoms with Gasteiger partial charge in [0, 0.05) is 5.71 Å². The van der Waals surface area contributed by atoms with Crippen molar-refractivity contribution in [3.8, 4) is 0 Å². The molecule has 0 radical (unpaired) electrons. The van der Waals surface area contributed by atoms with Gasteiger partial charge in [0.15, 0.2) is 0 Å². The highest BCUT2D eigenvalue weighted by Crippen LogP contribution is 2.35. The van der Waals surface area contributed by atoms with Crippen LogP contribution in [0.3, 0.4) is 0 Å². The van der Waals surface area contributed by atoms with Gasteiger partial charge in [0.25, 0.3) is 0 Å². The number of hydrogen-bond acceptors (Lipinski definition) is 1. The van der Waals surface area contributed by atoms with E-state index < -0.39 is 0 Å². The van der Waals surface area contributed by atoms with Gasteiger partial charge in [-0.25, -0.2) is 0 Å². The van der Waals surface area contributed by atoms with E-state index in [1.54, 1.807) is 0 Å². The molecule has 1 aliphatic carbocycles. The minimum absolute atomic E-state index is 0.654. The lowest BCUT2D eigenvalue weighted by molar-refractivity contribution is 1.13. The molecule has 2 rings (SSSR count). The zero-order valence-electron chi connectivity index (χ0n) is 14.9. The maximum atomic E-state index is 7.65. The smallest absolute Gasteiger partial charge is 0.0309 e. The van der Waals surface area contributed by atoms with Gasteiger partial charge < -0.3 is 5.41 Å². The molecule has 0 saturated carbocycles. The molecule has 0 fully saturated rings. The molecule has 1 aromatic carbocycles. The second-order valence-electron chi connectivity index (χ2n) is 5.49. The predicted octanol–water partition coefficient (Wildman–Crippen LogP) is 6.15. The molecule has 0 bridgehead atoms. The lowest BCUT2D eigenvalue weighted by Gasteiger charge is -2.08. The van der Waals surface area contributed by atoms with E-state index in [1.807, 2.05) is 27.7 Å². The van der Waals surface area contributed by atoms with E-state index in [2.05, 4.69) is 50.3 Å². The first-order valence-corrected chi connectivity index (χ1v) is 8.20. The lowest BCUT2D eigenvalue weighted by Crippen LogP contribution is -1.96. The summed E-state index contributed by atoms with van der Waals surface area (Å²) >= 11 is 0. The molecular weight excluding hydrogens is 266 g/mol. The van der Waals surface area contributed by atoms with Crippen LogP contribution < -0.4 is 0 Å². The third-order valence-corrected chi connectivity index (χ3v) is 4.11. The quantitative estimate of drug-likeness (QED) is 0.644. The van der Waals surface area contributed by atoms with E-state index >= 15 is 0 Å². The normalized spacial score (nSPS) is 14.0. The molecule has 1 aromatic rings. The van der Waals surface area contributed by atoms with Crippen molar-refractivity contribution in [3.05, 3.63) is 64.3 Å². The van der Waals surface area contributed by atoms with Crippen molar-refractivity contribution in [1.29, 1.82) is 5.41 Å². The molecule has 0 amide bonds. The predicted molar refractivity (Wildman–Crippen MR) is 99.8 cm³/mol. The molecule has 0 saturated heterocycles. The summed E-state index contributed by atoms with van der Waals surface area (Å²) < 4.78 is 0. The molecule has 0 heterocycles. The summed E-state index contributed by atoms with van der Waals surface area (Å²) in [6, 6.07) is 6.59. The van der Waals surface area contributed by atoms with E-state index in [4.69, 9.17) is 5.41 Å². The minimum Gasteiger partial charge on any atom is -0.305 e. The Kier molecular flexibility index (Phi) is 7.04. The second-order valence-corrected chi connectivity index (χ2v) is 5.49. The summed E-state index contributed by atoms with van der Waals surface area (Å²) in [5, 5.41) is 7.65. The van der Waals surface area contributed by atoms with Gasteiger partial charge in [-0.3, -0.25) is 0 Å². The number of hydrogen-bond donors (Lipinski definition) is 1. The highest BCUT2D eigenvalue weighted by molar-refractivity contribution is 5.95. The first-order chi connectivity index (χ1) is 10.5. The summed E-state index contributed by atoms with van der Waals surface area (Å²) in [6.07, 6.45) is 8.47. The second kappa shape index (κ2) is 8.53. The van der Waals surface area contributed by atoms with Crippen LogP contribution in [0.15, 0.2) is 47.6 Å². The van der Waals surface area contributed by atoms with E-state index in [1.165, 1.54) is 27.8 Å². The van der Waals surface area contributed by atoms with E-state index in [0.29, 0.717) is 5.71 Å². The molecule has 1 aliphatic rings. The highest BCUT2D eigenvalue weighted by atomic mass is 14.4. The molecule has 0 aromatic heterocycles. The van der Waals surface area contributed by atoms with Crippen LogP contribution in [0.25, 0.3) is 5.57 Å². The summed E-state index contributed by atoms with van der Waals surface area (Å²) in [5.41, 5.74) is 8.81. The lowest BCUT2D eigenvalue weighted by atomic mass is 9.97. The van der Waals surface area contributed by atoms with Crippen molar-refractivity contribution >= 4 is 11.3 Å². The van der Waals surface area contributed by atoms with Crippen LogP contribution in [0.1, 0.15) is 58.2 Å². The topological polar surface area (TPSA) is 23.9 Å². The number of allylic oxidation sites excluding steroid dienone is 6. The van der Waals surface area contributed by atoms with Gasteiger partial charge in [0.1, 0.15) is 0 Å². The average Bonchev–Trinajstić information content (AvgIpc) is 2.84. The van der Waals surface area contributed by atoms with Crippen LogP contribution in [0.4, 0.5) is 0 Å². The van der Waals surface area contributed by atoms with E-state index in [-0.39, 0.29) is 0 Å².